The normalized spacial score (nSPS) is 15.5. The molecule has 0 N–H and O–H groups in total. The predicted octanol–water partition coefficient (Wildman–Crippen LogP) is 19.5. The number of aryl methyl sites for hydroxylation is 1. The summed E-state index contributed by atoms with van der Waals surface area (Å²) >= 11 is 0. The van der Waals surface area contributed by atoms with Gasteiger partial charge in [-0.15, -0.1) is 0 Å². The number of nitrogens with zero attached hydrogens (tertiary/aromatic N) is 3. The van der Waals surface area contributed by atoms with Crippen molar-refractivity contribution < 1.29 is 0 Å². The average molecular weight is 950 g/mol. The first-order chi connectivity index (χ1) is 36.5. The van der Waals surface area contributed by atoms with Gasteiger partial charge in [0.2, 0.25) is 0 Å². The monoisotopic (exact) mass is 949 g/mol. The van der Waals surface area contributed by atoms with Crippen molar-refractivity contribution in [3.8, 4) is 33.4 Å². The van der Waals surface area contributed by atoms with Crippen molar-refractivity contribution in [2.75, 3.05) is 21.2 Å². The molecule has 0 aromatic heterocycles. The summed E-state index contributed by atoms with van der Waals surface area (Å²) in [6.07, 6.45) is 7.93. The Labute approximate surface area is 434 Å². The van der Waals surface area contributed by atoms with E-state index in [9.17, 15) is 0 Å². The number of benzene rings is 11. The molecule has 2 heterocycles. The second-order valence-electron chi connectivity index (χ2n) is 20.4. The second kappa shape index (κ2) is 17.7. The van der Waals surface area contributed by atoms with Gasteiger partial charge in [-0.2, -0.15) is 0 Å². The summed E-state index contributed by atoms with van der Waals surface area (Å²) in [4.78, 5) is 7.31. The number of fused-ring (bicyclic) bond motifs is 8. The quantitative estimate of drug-likeness (QED) is 0.111. The van der Waals surface area contributed by atoms with E-state index in [1.54, 1.807) is 0 Å². The van der Waals surface area contributed by atoms with E-state index >= 15 is 0 Å². The average Bonchev–Trinajstić information content (AvgIpc) is 3.72. The Balaban J connectivity index is 0.771. The molecule has 1 atom stereocenters. The first-order valence-corrected chi connectivity index (χ1v) is 26.3. The zero-order chi connectivity index (χ0) is 49.3. The summed E-state index contributed by atoms with van der Waals surface area (Å²) in [7, 11) is 0. The van der Waals surface area contributed by atoms with Crippen molar-refractivity contribution in [2.24, 2.45) is 0 Å². The Kier molecular flexibility index (Phi) is 10.5. The van der Waals surface area contributed by atoms with E-state index in [0.717, 1.165) is 53.5 Å². The van der Waals surface area contributed by atoms with Crippen LogP contribution in [0.4, 0.5) is 45.5 Å². The summed E-state index contributed by atoms with van der Waals surface area (Å²) < 4.78 is 0. The Morgan fingerprint density at radius 3 is 1.41 bits per heavy atom. The van der Waals surface area contributed by atoms with Gasteiger partial charge in [-0.1, -0.05) is 196 Å². The van der Waals surface area contributed by atoms with Crippen LogP contribution < -0.4 is 14.7 Å². The molecular formula is C71H55N3. The molecule has 1 aliphatic carbocycles. The molecule has 0 saturated heterocycles. The number of anilines is 8. The molecule has 0 fully saturated rings. The molecule has 2 aliphatic heterocycles. The molecule has 3 aliphatic rings. The van der Waals surface area contributed by atoms with Crippen molar-refractivity contribution >= 4 is 79.2 Å². The largest absolute Gasteiger partial charge is 0.341 e. The number of hydrogen-bond acceptors (Lipinski definition) is 3. The number of rotatable bonds is 8. The van der Waals surface area contributed by atoms with Crippen LogP contribution in [-0.2, 0) is 11.8 Å². The molecule has 0 bridgehead atoms. The van der Waals surface area contributed by atoms with E-state index in [1.165, 1.54) is 101 Å². The molecule has 74 heavy (non-hydrogen) atoms. The minimum absolute atomic E-state index is 0.0645. The van der Waals surface area contributed by atoms with Gasteiger partial charge in [0.25, 0.3) is 0 Å². The lowest BCUT2D eigenvalue weighted by molar-refractivity contribution is 0.564. The minimum Gasteiger partial charge on any atom is -0.341 e. The van der Waals surface area contributed by atoms with Gasteiger partial charge in [0.05, 0.1) is 22.7 Å². The van der Waals surface area contributed by atoms with Crippen LogP contribution in [0.25, 0.3) is 67.1 Å². The highest BCUT2D eigenvalue weighted by molar-refractivity contribution is 6.21. The van der Waals surface area contributed by atoms with Gasteiger partial charge >= 0.3 is 0 Å². The first kappa shape index (κ1) is 43.8. The lowest BCUT2D eigenvalue weighted by Crippen LogP contribution is -2.25. The Morgan fingerprint density at radius 1 is 0.405 bits per heavy atom. The molecule has 14 rings (SSSR count). The van der Waals surface area contributed by atoms with Crippen molar-refractivity contribution in [3.63, 3.8) is 0 Å². The van der Waals surface area contributed by atoms with E-state index in [0.29, 0.717) is 0 Å². The summed E-state index contributed by atoms with van der Waals surface area (Å²) in [5, 5.41) is 4.99. The van der Waals surface area contributed by atoms with E-state index in [-0.39, 0.29) is 5.41 Å². The van der Waals surface area contributed by atoms with Crippen molar-refractivity contribution in [1.29, 1.82) is 0 Å². The van der Waals surface area contributed by atoms with E-state index in [1.807, 2.05) is 0 Å². The van der Waals surface area contributed by atoms with Crippen LogP contribution in [0.1, 0.15) is 54.5 Å². The van der Waals surface area contributed by atoms with Crippen LogP contribution in [0, 0.1) is 0 Å². The van der Waals surface area contributed by atoms with Gasteiger partial charge in [0.15, 0.2) is 0 Å². The summed E-state index contributed by atoms with van der Waals surface area (Å²) in [6, 6.07) is 87.7. The van der Waals surface area contributed by atoms with Crippen LogP contribution in [-0.4, -0.2) is 6.54 Å². The maximum absolute atomic E-state index is 2.53. The predicted molar refractivity (Wildman–Crippen MR) is 315 cm³/mol. The summed E-state index contributed by atoms with van der Waals surface area (Å²) in [5.74, 6) is 0. The van der Waals surface area contributed by atoms with Crippen LogP contribution in [0.2, 0.25) is 0 Å². The van der Waals surface area contributed by atoms with Gasteiger partial charge in [-0.05, 0) is 169 Å². The third-order valence-corrected chi connectivity index (χ3v) is 16.4. The molecule has 1 unspecified atom stereocenters. The standard InChI is InChI=1S/C71H55N3/c1-3-71(2)62-46-49(35-43-56(62)57-44-42-55(47-63(57)71)72-45-17-19-50-18-7-12-26-64(50)72)32-31-48-33-36-51(37-34-48)69-58-22-8-10-24-60(58)70(61-25-11-9-23-59(61)69)52-38-40-54(41-39-52)74-67-29-15-13-27-65(67)73(53-20-5-4-6-21-53)66-28-14-16-30-68(66)74/h4-16,18,20-44,46-47H,3,17,19,45H2,1-2H3. The second-order valence-corrected chi connectivity index (χ2v) is 20.4. The highest BCUT2D eigenvalue weighted by Crippen LogP contribution is 2.55. The van der Waals surface area contributed by atoms with Gasteiger partial charge in [0, 0.05) is 34.7 Å². The molecule has 354 valence electrons. The number of hydrogen-bond donors (Lipinski definition) is 0. The van der Waals surface area contributed by atoms with Gasteiger partial charge < -0.3 is 14.7 Å². The maximum Gasteiger partial charge on any atom is 0.0703 e. The van der Waals surface area contributed by atoms with Crippen molar-refractivity contribution in [2.45, 2.75) is 38.5 Å². The lowest BCUT2D eigenvalue weighted by atomic mass is 9.77. The van der Waals surface area contributed by atoms with E-state index in [4.69, 9.17) is 0 Å². The molecule has 0 spiro atoms. The fourth-order valence-corrected chi connectivity index (χ4v) is 12.6. The van der Waals surface area contributed by atoms with Gasteiger partial charge in [-0.3, -0.25) is 0 Å². The zero-order valence-electron chi connectivity index (χ0n) is 41.8. The summed E-state index contributed by atoms with van der Waals surface area (Å²) in [6.45, 7) is 5.85. The minimum atomic E-state index is -0.0645. The highest BCUT2D eigenvalue weighted by atomic mass is 15.3. The van der Waals surface area contributed by atoms with Crippen molar-refractivity contribution in [3.05, 3.63) is 264 Å². The number of para-hydroxylation sites is 6. The SMILES string of the molecule is CCC1(C)c2cc(C=Cc3ccc(-c4c5ccccc5c(-c5ccc(N6c7ccccc7N(c7ccccc7)c7ccccc76)cc5)c5ccccc45)cc3)ccc2-c2ccc(N3CCCc4ccccc43)cc21. The zero-order valence-corrected chi connectivity index (χ0v) is 41.8. The molecule has 3 nitrogen and oxygen atoms in total. The lowest BCUT2D eigenvalue weighted by Gasteiger charge is -2.40. The topological polar surface area (TPSA) is 9.72 Å². The van der Waals surface area contributed by atoms with Crippen LogP contribution in [0.3, 0.4) is 0 Å². The van der Waals surface area contributed by atoms with Crippen molar-refractivity contribution in [1.82, 2.24) is 0 Å². The van der Waals surface area contributed by atoms with E-state index < -0.39 is 0 Å². The fourth-order valence-electron chi connectivity index (χ4n) is 12.6. The highest BCUT2D eigenvalue weighted by Gasteiger charge is 2.39. The third-order valence-electron chi connectivity index (χ3n) is 16.4. The van der Waals surface area contributed by atoms with Gasteiger partial charge in [0.1, 0.15) is 0 Å². The fraction of sp³-hybridized carbons (Fsp3) is 0.0986. The molecule has 0 amide bonds. The molecule has 11 aromatic carbocycles. The molecule has 0 radical (unpaired) electrons. The smallest absolute Gasteiger partial charge is 0.0703 e. The molecule has 0 saturated carbocycles. The molecule has 3 heteroatoms. The van der Waals surface area contributed by atoms with Crippen LogP contribution in [0.15, 0.2) is 237 Å². The molecular weight excluding hydrogens is 895 g/mol. The Hall–Kier alpha value is -8.92. The Bertz CT molecular complexity index is 3900. The first-order valence-electron chi connectivity index (χ1n) is 26.3. The maximum atomic E-state index is 2.53. The van der Waals surface area contributed by atoms with Crippen LogP contribution >= 0.6 is 0 Å². The van der Waals surface area contributed by atoms with E-state index in [2.05, 4.69) is 277 Å². The Morgan fingerprint density at radius 2 is 0.838 bits per heavy atom. The summed E-state index contributed by atoms with van der Waals surface area (Å²) in [5.41, 5.74) is 23.8. The van der Waals surface area contributed by atoms with Crippen LogP contribution in [0.5, 0.6) is 0 Å². The third kappa shape index (κ3) is 7.02. The van der Waals surface area contributed by atoms with Gasteiger partial charge in [-0.25, -0.2) is 0 Å². The molecule has 11 aromatic rings.